The summed E-state index contributed by atoms with van der Waals surface area (Å²) in [6.45, 7) is 6.03. The van der Waals surface area contributed by atoms with Crippen molar-refractivity contribution < 1.29 is 9.59 Å². The van der Waals surface area contributed by atoms with Gasteiger partial charge >= 0.3 is 0 Å². The molecule has 0 bridgehead atoms. The molecule has 0 radical (unpaired) electrons. The van der Waals surface area contributed by atoms with Crippen LogP contribution in [0, 0.1) is 25.2 Å². The zero-order chi connectivity index (χ0) is 21.6. The highest BCUT2D eigenvalue weighted by atomic mass is 32.1. The number of rotatable bonds is 5. The number of anilines is 1. The Kier molecular flexibility index (Phi) is 5.04. The molecule has 1 atom stereocenters. The first-order valence-electron chi connectivity index (χ1n) is 10.9. The van der Waals surface area contributed by atoms with Crippen LogP contribution in [-0.2, 0) is 16.1 Å². The fourth-order valence-corrected chi connectivity index (χ4v) is 5.59. The van der Waals surface area contributed by atoms with E-state index < -0.39 is 0 Å². The Balaban J connectivity index is 1.12. The minimum atomic E-state index is 0.0460. The second-order valence-corrected chi connectivity index (χ2v) is 10.1. The molecule has 3 heterocycles. The van der Waals surface area contributed by atoms with Gasteiger partial charge in [-0.15, -0.1) is 11.3 Å². The maximum atomic E-state index is 12.8. The molecule has 7 nitrogen and oxygen atoms in total. The van der Waals surface area contributed by atoms with Gasteiger partial charge in [-0.25, -0.2) is 4.98 Å². The molecular weight excluding hydrogens is 410 g/mol. The van der Waals surface area contributed by atoms with Crippen LogP contribution in [0.3, 0.4) is 0 Å². The van der Waals surface area contributed by atoms with Gasteiger partial charge in [0.05, 0.1) is 20.9 Å². The van der Waals surface area contributed by atoms with Crippen LogP contribution in [-0.4, -0.2) is 44.6 Å². The molecule has 1 unspecified atom stereocenters. The van der Waals surface area contributed by atoms with Crippen LogP contribution in [0.5, 0.6) is 0 Å². The van der Waals surface area contributed by atoms with E-state index in [2.05, 4.69) is 15.4 Å². The predicted molar refractivity (Wildman–Crippen MR) is 121 cm³/mol. The molecule has 1 aromatic carbocycles. The lowest BCUT2D eigenvalue weighted by Gasteiger charge is -2.33. The number of carbonyl (C=O) groups is 2. The third kappa shape index (κ3) is 4.08. The number of aromatic nitrogens is 3. The van der Waals surface area contributed by atoms with Gasteiger partial charge in [-0.2, -0.15) is 5.10 Å². The van der Waals surface area contributed by atoms with Crippen LogP contribution in [0.25, 0.3) is 10.2 Å². The monoisotopic (exact) mass is 437 g/mol. The van der Waals surface area contributed by atoms with Crippen molar-refractivity contribution in [3.63, 3.8) is 0 Å². The smallest absolute Gasteiger partial charge is 0.228 e. The molecular formula is C23H27N5O2S. The average molecular weight is 438 g/mol. The van der Waals surface area contributed by atoms with Crippen molar-refractivity contribution in [3.05, 3.63) is 41.2 Å². The molecule has 1 saturated heterocycles. The zero-order valence-electron chi connectivity index (χ0n) is 17.9. The zero-order valence-corrected chi connectivity index (χ0v) is 18.7. The third-order valence-corrected chi connectivity index (χ3v) is 7.66. The summed E-state index contributed by atoms with van der Waals surface area (Å²) >= 11 is 1.66. The van der Waals surface area contributed by atoms with Crippen molar-refractivity contribution in [1.29, 1.82) is 0 Å². The van der Waals surface area contributed by atoms with E-state index in [1.54, 1.807) is 11.3 Å². The minimum absolute atomic E-state index is 0.0460. The summed E-state index contributed by atoms with van der Waals surface area (Å²) in [5.74, 6) is 0.321. The van der Waals surface area contributed by atoms with E-state index in [1.165, 1.54) is 0 Å². The lowest BCUT2D eigenvalue weighted by molar-refractivity contribution is -0.133. The van der Waals surface area contributed by atoms with Crippen molar-refractivity contribution in [2.75, 3.05) is 18.4 Å². The molecule has 3 aromatic rings. The van der Waals surface area contributed by atoms with E-state index in [0.717, 1.165) is 59.0 Å². The van der Waals surface area contributed by atoms with Crippen molar-refractivity contribution in [3.8, 4) is 0 Å². The topological polar surface area (TPSA) is 80.1 Å². The van der Waals surface area contributed by atoms with Crippen LogP contribution < -0.4 is 5.32 Å². The number of carbonyl (C=O) groups excluding carboxylic acids is 2. The van der Waals surface area contributed by atoms with Crippen molar-refractivity contribution in [2.24, 2.45) is 11.3 Å². The van der Waals surface area contributed by atoms with Gasteiger partial charge in [-0.05, 0) is 62.8 Å². The number of piperidine rings is 1. The standard InChI is InChI=1S/C23H27N5O2S/c1-15-5-9-28(26-15)10-6-21(29)27-11-7-23(8-12-27)14-18(23)22(30)25-17-3-4-20-19(13-17)24-16(2)31-20/h3-5,9,13,18H,6-8,10-12,14H2,1-2H3,(H,25,30). The molecule has 31 heavy (non-hydrogen) atoms. The van der Waals surface area contributed by atoms with Gasteiger partial charge in [-0.3, -0.25) is 14.3 Å². The lowest BCUT2D eigenvalue weighted by Crippen LogP contribution is -2.40. The van der Waals surface area contributed by atoms with Gasteiger partial charge in [0, 0.05) is 43.9 Å². The van der Waals surface area contributed by atoms with Crippen LogP contribution in [0.2, 0.25) is 0 Å². The second kappa shape index (κ2) is 7.75. The molecule has 2 aromatic heterocycles. The van der Waals surface area contributed by atoms with Gasteiger partial charge in [-0.1, -0.05) is 0 Å². The Morgan fingerprint density at radius 1 is 1.23 bits per heavy atom. The van der Waals surface area contributed by atoms with E-state index in [4.69, 9.17) is 0 Å². The number of hydrogen-bond acceptors (Lipinski definition) is 5. The largest absolute Gasteiger partial charge is 0.343 e. The molecule has 162 valence electrons. The summed E-state index contributed by atoms with van der Waals surface area (Å²) in [6, 6.07) is 7.87. The Bertz CT molecular complexity index is 1140. The van der Waals surface area contributed by atoms with Gasteiger partial charge in [0.2, 0.25) is 11.8 Å². The molecule has 1 aliphatic carbocycles. The SMILES string of the molecule is Cc1ccn(CCC(=O)N2CCC3(CC2)CC3C(=O)Nc2ccc3sc(C)nc3c2)n1. The number of aryl methyl sites for hydroxylation is 3. The first-order chi connectivity index (χ1) is 14.9. The first kappa shape index (κ1) is 20.2. The number of benzene rings is 1. The van der Waals surface area contributed by atoms with E-state index in [1.807, 2.05) is 53.9 Å². The van der Waals surface area contributed by atoms with Crippen molar-refractivity contribution in [1.82, 2.24) is 19.7 Å². The van der Waals surface area contributed by atoms with Gasteiger partial charge in [0.15, 0.2) is 0 Å². The highest BCUT2D eigenvalue weighted by molar-refractivity contribution is 7.18. The molecule has 8 heteroatoms. The molecule has 2 amide bonds. The van der Waals surface area contributed by atoms with Crippen LogP contribution in [0.4, 0.5) is 5.69 Å². The summed E-state index contributed by atoms with van der Waals surface area (Å²) in [5, 5.41) is 8.46. The third-order valence-electron chi connectivity index (χ3n) is 6.71. The number of thiazole rings is 1. The highest BCUT2D eigenvalue weighted by Crippen LogP contribution is 2.59. The highest BCUT2D eigenvalue weighted by Gasteiger charge is 2.58. The normalized spacial score (nSPS) is 19.7. The van der Waals surface area contributed by atoms with Crippen molar-refractivity contribution >= 4 is 39.1 Å². The Labute approximate surface area is 185 Å². The maximum absolute atomic E-state index is 12.8. The van der Waals surface area contributed by atoms with E-state index >= 15 is 0 Å². The molecule has 1 aliphatic heterocycles. The van der Waals surface area contributed by atoms with Gasteiger partial charge in [0.25, 0.3) is 0 Å². The summed E-state index contributed by atoms with van der Waals surface area (Å²) < 4.78 is 2.96. The lowest BCUT2D eigenvalue weighted by atomic mass is 9.90. The van der Waals surface area contributed by atoms with Gasteiger partial charge < -0.3 is 10.2 Å². The van der Waals surface area contributed by atoms with E-state index in [0.29, 0.717) is 13.0 Å². The molecule has 1 saturated carbocycles. The maximum Gasteiger partial charge on any atom is 0.228 e. The number of likely N-dealkylation sites (tertiary alicyclic amines) is 1. The molecule has 2 fully saturated rings. The Morgan fingerprint density at radius 2 is 2.03 bits per heavy atom. The first-order valence-corrected chi connectivity index (χ1v) is 11.7. The quantitative estimate of drug-likeness (QED) is 0.659. The van der Waals surface area contributed by atoms with E-state index in [-0.39, 0.29) is 23.1 Å². The molecule has 5 rings (SSSR count). The number of amides is 2. The summed E-state index contributed by atoms with van der Waals surface area (Å²) in [7, 11) is 0. The molecule has 1 spiro atoms. The van der Waals surface area contributed by atoms with Gasteiger partial charge in [0.1, 0.15) is 0 Å². The summed E-state index contributed by atoms with van der Waals surface area (Å²) in [5.41, 5.74) is 2.78. The van der Waals surface area contributed by atoms with Crippen molar-refractivity contribution in [2.45, 2.75) is 46.1 Å². The molecule has 1 N–H and O–H groups in total. The number of fused-ring (bicyclic) bond motifs is 1. The Hall–Kier alpha value is -2.74. The summed E-state index contributed by atoms with van der Waals surface area (Å²) in [6.07, 6.45) is 5.11. The minimum Gasteiger partial charge on any atom is -0.343 e. The van der Waals surface area contributed by atoms with E-state index in [9.17, 15) is 9.59 Å². The van der Waals surface area contributed by atoms with Crippen LogP contribution >= 0.6 is 11.3 Å². The Morgan fingerprint density at radius 3 is 2.77 bits per heavy atom. The number of hydrogen-bond donors (Lipinski definition) is 1. The fraction of sp³-hybridized carbons (Fsp3) is 0.478. The number of nitrogens with one attached hydrogen (secondary N) is 1. The fourth-order valence-electron chi connectivity index (χ4n) is 4.78. The van der Waals surface area contributed by atoms with Crippen LogP contribution in [0.1, 0.15) is 36.4 Å². The number of nitrogens with zero attached hydrogens (tertiary/aromatic N) is 4. The predicted octanol–water partition coefficient (Wildman–Crippen LogP) is 3.77. The summed E-state index contributed by atoms with van der Waals surface area (Å²) in [4.78, 5) is 31.9. The van der Waals surface area contributed by atoms with Crippen LogP contribution in [0.15, 0.2) is 30.5 Å². The average Bonchev–Trinajstić information content (AvgIpc) is 3.07. The second-order valence-electron chi connectivity index (χ2n) is 8.87. The molecule has 2 aliphatic rings.